The van der Waals surface area contributed by atoms with Crippen molar-refractivity contribution in [1.29, 1.82) is 0 Å². The van der Waals surface area contributed by atoms with Crippen molar-refractivity contribution in [3.05, 3.63) is 50.0 Å². The van der Waals surface area contributed by atoms with Crippen LogP contribution in [0.5, 0.6) is 0 Å². The highest BCUT2D eigenvalue weighted by molar-refractivity contribution is 7.71. The third-order valence-corrected chi connectivity index (χ3v) is 5.81. The Bertz CT molecular complexity index is 901. The third kappa shape index (κ3) is 3.14. The van der Waals surface area contributed by atoms with Crippen LogP contribution < -0.4 is 10.9 Å². The van der Waals surface area contributed by atoms with E-state index in [1.807, 2.05) is 28.8 Å². The largest absolute Gasteiger partial charge is 0.358 e. The lowest BCUT2D eigenvalue weighted by Crippen LogP contribution is -2.45. The summed E-state index contributed by atoms with van der Waals surface area (Å²) in [6.07, 6.45) is 6.28. The minimum absolute atomic E-state index is 0.115. The zero-order chi connectivity index (χ0) is 17.4. The van der Waals surface area contributed by atoms with E-state index in [4.69, 9.17) is 23.8 Å². The molecule has 0 radical (unpaired) electrons. The first-order valence-electron chi connectivity index (χ1n) is 8.76. The molecule has 1 saturated carbocycles. The molecular formula is C18H21ClN4OS. The summed E-state index contributed by atoms with van der Waals surface area (Å²) in [6, 6.07) is 8.08. The number of H-pyrrole nitrogens is 1. The van der Waals surface area contributed by atoms with Crippen molar-refractivity contribution >= 4 is 29.6 Å². The van der Waals surface area contributed by atoms with E-state index in [1.165, 1.54) is 32.1 Å². The predicted octanol–water partition coefficient (Wildman–Crippen LogP) is 4.07. The van der Waals surface area contributed by atoms with Crippen molar-refractivity contribution in [3.8, 4) is 5.69 Å². The van der Waals surface area contributed by atoms with Gasteiger partial charge < -0.3 is 5.32 Å². The third-order valence-electron chi connectivity index (χ3n) is 5.20. The zero-order valence-electron chi connectivity index (χ0n) is 13.9. The van der Waals surface area contributed by atoms with E-state index >= 15 is 0 Å². The normalized spacial score (nSPS) is 18.6. The highest BCUT2D eigenvalue weighted by Crippen LogP contribution is 2.30. The topological polar surface area (TPSA) is 53.1 Å². The van der Waals surface area contributed by atoms with Gasteiger partial charge in [0.2, 0.25) is 0 Å². The minimum atomic E-state index is -0.115. The number of aromatic nitrogens is 2. The molecule has 2 aromatic rings. The highest BCUT2D eigenvalue weighted by Gasteiger charge is 2.28. The van der Waals surface area contributed by atoms with Gasteiger partial charge in [-0.15, -0.1) is 0 Å². The molecule has 1 aliphatic heterocycles. The molecule has 0 unspecified atom stereocenters. The van der Waals surface area contributed by atoms with Gasteiger partial charge in [-0.05, 0) is 37.2 Å². The lowest BCUT2D eigenvalue weighted by atomic mass is 9.94. The Hall–Kier alpha value is -1.63. The quantitative estimate of drug-likeness (QED) is 0.776. The molecule has 2 aliphatic rings. The lowest BCUT2D eigenvalue weighted by molar-refractivity contribution is 0.152. The van der Waals surface area contributed by atoms with E-state index in [0.29, 0.717) is 22.4 Å². The maximum absolute atomic E-state index is 12.5. The average molecular weight is 377 g/mol. The Morgan fingerprint density at radius 1 is 1.16 bits per heavy atom. The van der Waals surface area contributed by atoms with Crippen LogP contribution in [0.4, 0.5) is 5.82 Å². The van der Waals surface area contributed by atoms with Crippen LogP contribution in [0.3, 0.4) is 0 Å². The molecular weight excluding hydrogens is 356 g/mol. The number of para-hydroxylation sites is 1. The first-order chi connectivity index (χ1) is 12.1. The van der Waals surface area contributed by atoms with E-state index in [9.17, 15) is 4.79 Å². The number of benzene rings is 1. The summed E-state index contributed by atoms with van der Waals surface area (Å²) in [6.45, 7) is 1.36. The van der Waals surface area contributed by atoms with Gasteiger partial charge >= 0.3 is 0 Å². The summed E-state index contributed by atoms with van der Waals surface area (Å²) in [4.78, 5) is 17.7. The van der Waals surface area contributed by atoms with Crippen molar-refractivity contribution in [2.45, 2.75) is 44.7 Å². The second kappa shape index (κ2) is 6.94. The fraction of sp³-hybridized carbons (Fsp3) is 0.444. The van der Waals surface area contributed by atoms with Crippen LogP contribution in [0, 0.1) is 4.77 Å². The summed E-state index contributed by atoms with van der Waals surface area (Å²) < 4.78 is 2.20. The van der Waals surface area contributed by atoms with Crippen LogP contribution in [0.1, 0.15) is 37.7 Å². The number of fused-ring (bicyclic) bond motifs is 1. The molecule has 1 aromatic heterocycles. The van der Waals surface area contributed by atoms with Crippen molar-refractivity contribution in [2.75, 3.05) is 12.0 Å². The van der Waals surface area contributed by atoms with E-state index in [0.717, 1.165) is 23.7 Å². The van der Waals surface area contributed by atoms with Crippen LogP contribution in [0.2, 0.25) is 5.02 Å². The number of anilines is 1. The highest BCUT2D eigenvalue weighted by atomic mass is 35.5. The van der Waals surface area contributed by atoms with Crippen molar-refractivity contribution in [1.82, 2.24) is 14.5 Å². The van der Waals surface area contributed by atoms with Crippen molar-refractivity contribution < 1.29 is 0 Å². The van der Waals surface area contributed by atoms with Crippen molar-refractivity contribution in [3.63, 3.8) is 0 Å². The fourth-order valence-electron chi connectivity index (χ4n) is 3.91. The first kappa shape index (κ1) is 16.8. The molecule has 25 heavy (non-hydrogen) atoms. The van der Waals surface area contributed by atoms with Gasteiger partial charge in [0.1, 0.15) is 5.82 Å². The van der Waals surface area contributed by atoms with Gasteiger partial charge in [0.05, 0.1) is 22.9 Å². The second-order valence-electron chi connectivity index (χ2n) is 6.75. The summed E-state index contributed by atoms with van der Waals surface area (Å²) in [7, 11) is 0. The van der Waals surface area contributed by atoms with Crippen molar-refractivity contribution in [2.24, 2.45) is 0 Å². The number of halogens is 1. The predicted molar refractivity (Wildman–Crippen MR) is 103 cm³/mol. The maximum Gasteiger partial charge on any atom is 0.258 e. The van der Waals surface area contributed by atoms with Gasteiger partial charge in [0, 0.05) is 12.6 Å². The summed E-state index contributed by atoms with van der Waals surface area (Å²) in [5, 5.41) is 4.03. The Morgan fingerprint density at radius 2 is 1.92 bits per heavy atom. The van der Waals surface area contributed by atoms with E-state index in [2.05, 4.69) is 15.2 Å². The molecule has 0 atom stereocenters. The van der Waals surface area contributed by atoms with E-state index in [-0.39, 0.29) is 5.56 Å². The lowest BCUT2D eigenvalue weighted by Gasteiger charge is -2.38. The SMILES string of the molecule is O=c1[nH]c(=S)n(-c2ccccc2Cl)c2c1CN(C1CCCCC1)CN2. The molecule has 1 aliphatic carbocycles. The van der Waals surface area contributed by atoms with Gasteiger partial charge in [-0.25, -0.2) is 0 Å². The summed E-state index contributed by atoms with van der Waals surface area (Å²) in [5.41, 5.74) is 1.39. The molecule has 1 fully saturated rings. The first-order valence-corrected chi connectivity index (χ1v) is 9.55. The molecule has 2 N–H and O–H groups in total. The number of aromatic amines is 1. The summed E-state index contributed by atoms with van der Waals surface area (Å²) in [5.74, 6) is 0.758. The number of hydrogen-bond donors (Lipinski definition) is 2. The minimum Gasteiger partial charge on any atom is -0.358 e. The monoisotopic (exact) mass is 376 g/mol. The smallest absolute Gasteiger partial charge is 0.258 e. The molecule has 1 aromatic carbocycles. The molecule has 5 nitrogen and oxygen atoms in total. The number of rotatable bonds is 2. The molecule has 132 valence electrons. The van der Waals surface area contributed by atoms with E-state index in [1.54, 1.807) is 0 Å². The van der Waals surface area contributed by atoms with Crippen LogP contribution in [-0.2, 0) is 6.54 Å². The maximum atomic E-state index is 12.5. The molecule has 0 bridgehead atoms. The van der Waals surface area contributed by atoms with Crippen LogP contribution >= 0.6 is 23.8 Å². The number of nitrogens with one attached hydrogen (secondary N) is 2. The number of hydrogen-bond acceptors (Lipinski definition) is 4. The van der Waals surface area contributed by atoms with Crippen LogP contribution in [0.15, 0.2) is 29.1 Å². The van der Waals surface area contributed by atoms with Gasteiger partial charge in [-0.1, -0.05) is 43.0 Å². The molecule has 4 rings (SSSR count). The Morgan fingerprint density at radius 3 is 2.68 bits per heavy atom. The average Bonchev–Trinajstić information content (AvgIpc) is 2.64. The van der Waals surface area contributed by atoms with Gasteiger partial charge in [-0.2, -0.15) is 0 Å². The molecule has 0 amide bonds. The van der Waals surface area contributed by atoms with Gasteiger partial charge in [0.15, 0.2) is 4.77 Å². The summed E-state index contributed by atoms with van der Waals surface area (Å²) >= 11 is 11.8. The zero-order valence-corrected chi connectivity index (χ0v) is 15.5. The Balaban J connectivity index is 1.77. The molecule has 0 saturated heterocycles. The van der Waals surface area contributed by atoms with Gasteiger partial charge in [-0.3, -0.25) is 19.2 Å². The Labute approximate surface area is 156 Å². The van der Waals surface area contributed by atoms with E-state index < -0.39 is 0 Å². The van der Waals surface area contributed by atoms with Crippen LogP contribution in [0.25, 0.3) is 5.69 Å². The standard InChI is InChI=1S/C18H21ClN4OS/c19-14-8-4-5-9-15(14)23-16-13(17(24)21-18(23)25)10-22(11-20-16)12-6-2-1-3-7-12/h4-5,8-9,12,20H,1-3,6-7,10-11H2,(H,21,24,25). The molecule has 7 heteroatoms. The molecule has 2 heterocycles. The fourth-order valence-corrected chi connectivity index (χ4v) is 4.41. The van der Waals surface area contributed by atoms with Gasteiger partial charge in [0.25, 0.3) is 5.56 Å². The molecule has 0 spiro atoms. The van der Waals surface area contributed by atoms with Crippen LogP contribution in [-0.4, -0.2) is 27.2 Å². The Kier molecular flexibility index (Phi) is 4.67. The number of nitrogens with zero attached hydrogens (tertiary/aromatic N) is 2. The second-order valence-corrected chi connectivity index (χ2v) is 7.54.